The zero-order chi connectivity index (χ0) is 12.2. The third-order valence-electron chi connectivity index (χ3n) is 1.000. The van der Waals surface area contributed by atoms with Crippen molar-refractivity contribution >= 4 is 0 Å². The molecule has 0 unspecified atom stereocenters. The van der Waals surface area contributed by atoms with Gasteiger partial charge in [0, 0.05) is 0 Å². The fourth-order valence-electron chi connectivity index (χ4n) is 0.500. The lowest BCUT2D eigenvalue weighted by atomic mass is 10.7. The van der Waals surface area contributed by atoms with Crippen molar-refractivity contribution in [2.45, 2.75) is 27.7 Å². The first-order chi connectivity index (χ1) is 6.83. The highest BCUT2D eigenvalue weighted by Crippen LogP contribution is 1.48. The number of nitroso groups, excluding NO2 is 2. The fraction of sp³-hybridized carbons (Fsp3) is 1.00. The molecule has 88 valence electrons. The first kappa shape index (κ1) is 23.2. The van der Waals surface area contributed by atoms with Gasteiger partial charge in [-0.2, -0.15) is 9.81 Å². The minimum Gasteiger partial charge on any atom is -0.317 e. The average molecular weight is 208 g/mol. The zero-order valence-corrected chi connectivity index (χ0v) is 9.64. The quantitative estimate of drug-likeness (QED) is 0.529. The molecule has 4 N–H and O–H groups in total. The number of rotatable bonds is 4. The molecule has 0 aromatic rings. The molecule has 14 heavy (non-hydrogen) atoms. The van der Waals surface area contributed by atoms with E-state index in [9.17, 15) is 0 Å². The van der Waals surface area contributed by atoms with E-state index in [2.05, 4.69) is 49.5 Å². The van der Waals surface area contributed by atoms with Gasteiger partial charge in [0.2, 0.25) is 0 Å². The van der Waals surface area contributed by atoms with Gasteiger partial charge in [-0.3, -0.25) is 0 Å². The fourth-order valence-corrected chi connectivity index (χ4v) is 0.500. The van der Waals surface area contributed by atoms with E-state index in [-0.39, 0.29) is 0 Å². The summed E-state index contributed by atoms with van der Waals surface area (Å²) in [4.78, 5) is 15.0. The van der Waals surface area contributed by atoms with Crippen LogP contribution in [0.15, 0.2) is 0 Å². The first-order valence-electron chi connectivity index (χ1n) is 4.65. The van der Waals surface area contributed by atoms with Gasteiger partial charge in [0.1, 0.15) is 0 Å². The largest absolute Gasteiger partial charge is 0.317 e. The summed E-state index contributed by atoms with van der Waals surface area (Å²) in [7, 11) is 0. The van der Waals surface area contributed by atoms with Gasteiger partial charge in [-0.05, 0) is 26.2 Å². The smallest absolute Gasteiger partial charge is 0.00775 e. The monoisotopic (exact) mass is 208 g/mol. The standard InChI is InChI=1S/2C4H11N.2HNO/c2*1-3-5-4-2;2*1-2/h2*5H,3-4H2,1-2H3;2*1H. The molecule has 0 atom stereocenters. The van der Waals surface area contributed by atoms with Crippen LogP contribution in [0.1, 0.15) is 27.7 Å². The molecule has 0 rings (SSSR count). The van der Waals surface area contributed by atoms with Gasteiger partial charge in [0.05, 0.1) is 0 Å². The van der Waals surface area contributed by atoms with Crippen LogP contribution >= 0.6 is 0 Å². The highest BCUT2D eigenvalue weighted by molar-refractivity contribution is 4.28. The third kappa shape index (κ3) is 117. The molecule has 0 aromatic carbocycles. The van der Waals surface area contributed by atoms with Gasteiger partial charge in [-0.25, -0.2) is 0 Å². The molecule has 6 heteroatoms. The maximum Gasteiger partial charge on any atom is -0.00775 e. The molecule has 0 heterocycles. The lowest BCUT2D eigenvalue weighted by Gasteiger charge is -1.86. The molecule has 0 radical (unpaired) electrons. The molecule has 0 amide bonds. The van der Waals surface area contributed by atoms with Gasteiger partial charge < -0.3 is 10.6 Å². The number of hydrogen-bond donors (Lipinski definition) is 4. The van der Waals surface area contributed by atoms with E-state index in [1.54, 1.807) is 0 Å². The molecule has 0 fully saturated rings. The topological polar surface area (TPSA) is 106 Å². The van der Waals surface area contributed by atoms with Crippen molar-refractivity contribution in [3.8, 4) is 0 Å². The van der Waals surface area contributed by atoms with Gasteiger partial charge in [-0.1, -0.05) is 38.9 Å². The molecule has 0 aliphatic rings. The van der Waals surface area contributed by atoms with Crippen molar-refractivity contribution in [3.63, 3.8) is 0 Å². The van der Waals surface area contributed by atoms with Gasteiger partial charge in [0.15, 0.2) is 0 Å². The molecular formula is C8H24N4O2. The van der Waals surface area contributed by atoms with Crippen molar-refractivity contribution < 1.29 is 0 Å². The summed E-state index contributed by atoms with van der Waals surface area (Å²) in [6, 6.07) is 0. The molecule has 0 bridgehead atoms. The second kappa shape index (κ2) is 57.2. The van der Waals surface area contributed by atoms with Gasteiger partial charge in [-0.15, -0.1) is 0 Å². The summed E-state index contributed by atoms with van der Waals surface area (Å²) < 4.78 is 0. The highest BCUT2D eigenvalue weighted by Gasteiger charge is 1.63. The maximum atomic E-state index is 7.50. The Kier molecular flexibility index (Phi) is 94.6. The predicted molar refractivity (Wildman–Crippen MR) is 60.6 cm³/mol. The van der Waals surface area contributed by atoms with E-state index in [1.165, 1.54) is 0 Å². The van der Waals surface area contributed by atoms with E-state index in [1.807, 2.05) is 0 Å². The van der Waals surface area contributed by atoms with Crippen LogP contribution in [0.4, 0.5) is 0 Å². The van der Waals surface area contributed by atoms with Crippen LogP contribution in [0.25, 0.3) is 0 Å². The average Bonchev–Trinajstić information content (AvgIpc) is 2.27. The predicted octanol–water partition coefficient (Wildman–Crippen LogP) is 1.89. The van der Waals surface area contributed by atoms with E-state index in [0.717, 1.165) is 26.2 Å². The summed E-state index contributed by atoms with van der Waals surface area (Å²) in [6.45, 7) is 12.8. The normalized spacial score (nSPS) is 6.57. The van der Waals surface area contributed by atoms with Crippen LogP contribution in [0.3, 0.4) is 0 Å². The van der Waals surface area contributed by atoms with Gasteiger partial charge in [0.25, 0.3) is 0 Å². The van der Waals surface area contributed by atoms with E-state index in [0.29, 0.717) is 0 Å². The Hall–Kier alpha value is -0.880. The molecular weight excluding hydrogens is 184 g/mol. The molecule has 0 spiro atoms. The van der Waals surface area contributed by atoms with Crippen LogP contribution < -0.4 is 10.6 Å². The number of hydrogen-bond acceptors (Lipinski definition) is 6. The lowest BCUT2D eigenvalue weighted by molar-refractivity contribution is 0.762. The Labute approximate surface area is 86.4 Å². The highest BCUT2D eigenvalue weighted by atomic mass is 16.2. The van der Waals surface area contributed by atoms with Crippen molar-refractivity contribution in [2.75, 3.05) is 26.2 Å². The number of nitrogens with one attached hydrogen (secondary N) is 4. The van der Waals surface area contributed by atoms with Crippen molar-refractivity contribution in [1.29, 1.82) is 11.2 Å². The van der Waals surface area contributed by atoms with Crippen LogP contribution in [0.5, 0.6) is 0 Å². The lowest BCUT2D eigenvalue weighted by Crippen LogP contribution is -2.09. The van der Waals surface area contributed by atoms with Crippen molar-refractivity contribution in [2.24, 2.45) is 0 Å². The van der Waals surface area contributed by atoms with E-state index < -0.39 is 0 Å². The Balaban J connectivity index is -0.0000000528. The SMILES string of the molecule is CCNCC.CCNCC.N=O.N=O. The molecule has 0 saturated heterocycles. The minimum atomic E-state index is 1.09. The molecule has 0 aromatic heterocycles. The maximum absolute atomic E-state index is 7.50. The Bertz CT molecular complexity index is 55.3. The van der Waals surface area contributed by atoms with Gasteiger partial charge >= 0.3 is 0 Å². The minimum absolute atomic E-state index is 1.09. The Morgan fingerprint density at radius 2 is 0.786 bits per heavy atom. The second-order valence-corrected chi connectivity index (χ2v) is 1.91. The zero-order valence-electron chi connectivity index (χ0n) is 9.64. The molecule has 0 aliphatic heterocycles. The van der Waals surface area contributed by atoms with Crippen LogP contribution in [0, 0.1) is 21.0 Å². The summed E-state index contributed by atoms with van der Waals surface area (Å²) in [5, 5.41) is 6.22. The van der Waals surface area contributed by atoms with E-state index >= 15 is 0 Å². The molecule has 6 nitrogen and oxygen atoms in total. The van der Waals surface area contributed by atoms with Crippen molar-refractivity contribution in [3.05, 3.63) is 9.81 Å². The van der Waals surface area contributed by atoms with Crippen LogP contribution in [-0.2, 0) is 0 Å². The summed E-state index contributed by atoms with van der Waals surface area (Å²) in [5.41, 5.74) is 9.00. The molecule has 0 aliphatic carbocycles. The van der Waals surface area contributed by atoms with Crippen molar-refractivity contribution in [1.82, 2.24) is 10.6 Å². The first-order valence-corrected chi connectivity index (χ1v) is 4.65. The molecule has 0 saturated carbocycles. The Morgan fingerprint density at radius 1 is 0.643 bits per heavy atom. The summed E-state index contributed by atoms with van der Waals surface area (Å²) in [5.74, 6) is 0. The third-order valence-corrected chi connectivity index (χ3v) is 1.000. The summed E-state index contributed by atoms with van der Waals surface area (Å²) in [6.07, 6.45) is 0. The Morgan fingerprint density at radius 3 is 0.786 bits per heavy atom. The second-order valence-electron chi connectivity index (χ2n) is 1.91. The van der Waals surface area contributed by atoms with E-state index in [4.69, 9.17) is 9.81 Å². The van der Waals surface area contributed by atoms with Crippen LogP contribution in [-0.4, -0.2) is 26.2 Å². The summed E-state index contributed by atoms with van der Waals surface area (Å²) >= 11 is 0. The van der Waals surface area contributed by atoms with Crippen LogP contribution in [0.2, 0.25) is 0 Å².